The Morgan fingerprint density at radius 1 is 1.24 bits per heavy atom. The number of hydrogen-bond donors (Lipinski definition) is 1. The fraction of sp³-hybridized carbons (Fsp3) is 1.00. The maximum Gasteiger partial charge on any atom is 0.0939 e. The van der Waals surface area contributed by atoms with Gasteiger partial charge in [-0.2, -0.15) is 0 Å². The van der Waals surface area contributed by atoms with Gasteiger partial charge in [-0.1, -0.05) is 6.92 Å². The Bertz CT molecular complexity index is 311. The average molecular weight is 297 g/mol. The summed E-state index contributed by atoms with van der Waals surface area (Å²) in [5, 5.41) is 3.73. The summed E-state index contributed by atoms with van der Waals surface area (Å²) in [5.74, 6) is 0.724. The third kappa shape index (κ3) is 3.98. The molecular weight excluding hydrogens is 266 g/mol. The molecule has 0 saturated carbocycles. The molecular formula is C17H31NO3. The summed E-state index contributed by atoms with van der Waals surface area (Å²) in [6.07, 6.45) is 8.88. The molecule has 3 heterocycles. The molecule has 0 aromatic rings. The molecule has 0 aliphatic carbocycles. The maximum absolute atomic E-state index is 6.09. The van der Waals surface area contributed by atoms with Crippen molar-refractivity contribution < 1.29 is 14.2 Å². The second-order valence-electron chi connectivity index (χ2n) is 6.96. The molecule has 4 heteroatoms. The molecule has 4 nitrogen and oxygen atoms in total. The van der Waals surface area contributed by atoms with E-state index < -0.39 is 0 Å². The molecule has 3 rings (SSSR count). The molecule has 3 aliphatic heterocycles. The number of ether oxygens (including phenoxy) is 3. The van der Waals surface area contributed by atoms with Gasteiger partial charge in [-0.15, -0.1) is 0 Å². The summed E-state index contributed by atoms with van der Waals surface area (Å²) in [5.41, 5.74) is 0.0282. The van der Waals surface area contributed by atoms with Crippen molar-refractivity contribution in [2.24, 2.45) is 5.92 Å². The first-order chi connectivity index (χ1) is 10.3. The van der Waals surface area contributed by atoms with E-state index in [0.29, 0.717) is 12.1 Å². The molecule has 3 saturated heterocycles. The van der Waals surface area contributed by atoms with Crippen LogP contribution in [0.25, 0.3) is 0 Å². The second kappa shape index (κ2) is 7.40. The molecule has 1 N–H and O–H groups in total. The summed E-state index contributed by atoms with van der Waals surface area (Å²) in [6, 6.07) is 0.612. The zero-order chi connectivity index (χ0) is 14.5. The van der Waals surface area contributed by atoms with Crippen molar-refractivity contribution in [2.45, 2.75) is 69.6 Å². The van der Waals surface area contributed by atoms with E-state index in [1.165, 1.54) is 32.1 Å². The Morgan fingerprint density at radius 2 is 2.19 bits per heavy atom. The summed E-state index contributed by atoms with van der Waals surface area (Å²) in [6.45, 7) is 6.80. The summed E-state index contributed by atoms with van der Waals surface area (Å²) in [7, 11) is 0. The van der Waals surface area contributed by atoms with Crippen LogP contribution in [0.1, 0.15) is 51.9 Å². The van der Waals surface area contributed by atoms with E-state index in [1.54, 1.807) is 0 Å². The van der Waals surface area contributed by atoms with Gasteiger partial charge in [-0.05, 0) is 51.0 Å². The molecule has 0 aromatic heterocycles. The molecule has 0 bridgehead atoms. The van der Waals surface area contributed by atoms with E-state index in [0.717, 1.165) is 51.7 Å². The molecule has 4 unspecified atom stereocenters. The van der Waals surface area contributed by atoms with Crippen LogP contribution in [0.3, 0.4) is 0 Å². The zero-order valence-corrected chi connectivity index (χ0v) is 13.4. The minimum absolute atomic E-state index is 0.0282. The highest BCUT2D eigenvalue weighted by molar-refractivity contribution is 4.94. The monoisotopic (exact) mass is 297 g/mol. The van der Waals surface area contributed by atoms with Gasteiger partial charge in [0, 0.05) is 32.3 Å². The maximum atomic E-state index is 6.09. The van der Waals surface area contributed by atoms with Gasteiger partial charge >= 0.3 is 0 Å². The van der Waals surface area contributed by atoms with Gasteiger partial charge in [0.2, 0.25) is 0 Å². The molecule has 3 fully saturated rings. The Kier molecular flexibility index (Phi) is 5.54. The number of nitrogens with one attached hydrogen (secondary N) is 1. The molecule has 4 atom stereocenters. The lowest BCUT2D eigenvalue weighted by atomic mass is 9.79. The minimum Gasteiger partial charge on any atom is -0.378 e. The van der Waals surface area contributed by atoms with Crippen LogP contribution in [0, 0.1) is 5.92 Å². The second-order valence-corrected chi connectivity index (χ2v) is 6.96. The number of hydrogen-bond acceptors (Lipinski definition) is 4. The summed E-state index contributed by atoms with van der Waals surface area (Å²) in [4.78, 5) is 0. The van der Waals surface area contributed by atoms with Crippen molar-refractivity contribution in [3.8, 4) is 0 Å². The first kappa shape index (κ1) is 15.7. The minimum atomic E-state index is 0.0282. The lowest BCUT2D eigenvalue weighted by Gasteiger charge is -2.41. The molecule has 1 spiro atoms. The molecule has 3 aliphatic rings. The Morgan fingerprint density at radius 3 is 2.90 bits per heavy atom. The SMILES string of the molecule is CCNC(CCC1CCCO1)C1CCOC2(CCOC2)C1. The third-order valence-electron chi connectivity index (χ3n) is 5.46. The molecule has 0 aromatic carbocycles. The smallest absolute Gasteiger partial charge is 0.0939 e. The average Bonchev–Trinajstić information content (AvgIpc) is 3.16. The standard InChI is InChI=1S/C17H31NO3/c1-2-18-16(6-5-15-4-3-9-20-15)14-7-10-21-17(12-14)8-11-19-13-17/h14-16,18H,2-13H2,1H3. The van der Waals surface area contributed by atoms with Crippen molar-refractivity contribution in [3.05, 3.63) is 0 Å². The highest BCUT2D eigenvalue weighted by atomic mass is 16.6. The fourth-order valence-electron chi connectivity index (χ4n) is 4.28. The highest BCUT2D eigenvalue weighted by Gasteiger charge is 2.42. The molecule has 21 heavy (non-hydrogen) atoms. The van der Waals surface area contributed by atoms with Crippen LogP contribution in [0.15, 0.2) is 0 Å². The van der Waals surface area contributed by atoms with Gasteiger partial charge in [-0.25, -0.2) is 0 Å². The van der Waals surface area contributed by atoms with Gasteiger partial charge in [0.05, 0.1) is 18.3 Å². The van der Waals surface area contributed by atoms with E-state index in [9.17, 15) is 0 Å². The predicted molar refractivity (Wildman–Crippen MR) is 82.5 cm³/mol. The van der Waals surface area contributed by atoms with Gasteiger partial charge < -0.3 is 19.5 Å². The van der Waals surface area contributed by atoms with Crippen LogP contribution in [0.5, 0.6) is 0 Å². The van der Waals surface area contributed by atoms with E-state index in [1.807, 2.05) is 0 Å². The van der Waals surface area contributed by atoms with Gasteiger partial charge in [0.25, 0.3) is 0 Å². The van der Waals surface area contributed by atoms with Crippen LogP contribution >= 0.6 is 0 Å². The Balaban J connectivity index is 1.54. The van der Waals surface area contributed by atoms with Crippen LogP contribution in [0.2, 0.25) is 0 Å². The lowest BCUT2D eigenvalue weighted by Crippen LogP contribution is -2.47. The summed E-state index contributed by atoms with van der Waals surface area (Å²) < 4.78 is 17.5. The molecule has 0 amide bonds. The van der Waals surface area contributed by atoms with E-state index >= 15 is 0 Å². The molecule has 122 valence electrons. The van der Waals surface area contributed by atoms with Crippen molar-refractivity contribution in [1.82, 2.24) is 5.32 Å². The van der Waals surface area contributed by atoms with Crippen molar-refractivity contribution in [3.63, 3.8) is 0 Å². The quantitative estimate of drug-likeness (QED) is 0.818. The first-order valence-electron chi connectivity index (χ1n) is 8.88. The number of rotatable bonds is 6. The van der Waals surface area contributed by atoms with E-state index in [2.05, 4.69) is 12.2 Å². The summed E-state index contributed by atoms with van der Waals surface area (Å²) >= 11 is 0. The topological polar surface area (TPSA) is 39.7 Å². The Labute approximate surface area is 128 Å². The highest BCUT2D eigenvalue weighted by Crippen LogP contribution is 2.38. The first-order valence-corrected chi connectivity index (χ1v) is 8.88. The van der Waals surface area contributed by atoms with Crippen molar-refractivity contribution in [2.75, 3.05) is 33.0 Å². The van der Waals surface area contributed by atoms with Crippen LogP contribution in [0.4, 0.5) is 0 Å². The van der Waals surface area contributed by atoms with Crippen molar-refractivity contribution in [1.29, 1.82) is 0 Å². The zero-order valence-electron chi connectivity index (χ0n) is 13.4. The fourth-order valence-corrected chi connectivity index (χ4v) is 4.28. The van der Waals surface area contributed by atoms with E-state index in [-0.39, 0.29) is 5.60 Å². The van der Waals surface area contributed by atoms with Gasteiger partial charge in [-0.3, -0.25) is 0 Å². The van der Waals surface area contributed by atoms with Crippen molar-refractivity contribution >= 4 is 0 Å². The third-order valence-corrected chi connectivity index (χ3v) is 5.46. The van der Waals surface area contributed by atoms with Crippen LogP contribution < -0.4 is 5.32 Å². The lowest BCUT2D eigenvalue weighted by molar-refractivity contribution is -0.103. The van der Waals surface area contributed by atoms with E-state index in [4.69, 9.17) is 14.2 Å². The van der Waals surface area contributed by atoms with Crippen LogP contribution in [-0.4, -0.2) is 50.7 Å². The van der Waals surface area contributed by atoms with Crippen LogP contribution in [-0.2, 0) is 14.2 Å². The van der Waals surface area contributed by atoms with Gasteiger partial charge in [0.1, 0.15) is 0 Å². The largest absolute Gasteiger partial charge is 0.378 e. The predicted octanol–water partition coefficient (Wildman–Crippen LogP) is 2.51. The normalized spacial score (nSPS) is 38.1. The Hall–Kier alpha value is -0.160. The molecule has 0 radical (unpaired) electrons. The van der Waals surface area contributed by atoms with Gasteiger partial charge in [0.15, 0.2) is 0 Å².